The highest BCUT2D eigenvalue weighted by atomic mass is 14.9. The molecule has 2 rings (SSSR count). The fourth-order valence-corrected chi connectivity index (χ4v) is 1.90. The minimum absolute atomic E-state index is 0.661. The monoisotopic (exact) mass is 176 g/mol. The van der Waals surface area contributed by atoms with E-state index in [1.165, 1.54) is 25.1 Å². The van der Waals surface area contributed by atoms with Gasteiger partial charge in [0.15, 0.2) is 0 Å². The third kappa shape index (κ3) is 2.28. The molecule has 2 heteroatoms. The van der Waals surface area contributed by atoms with Crippen LogP contribution in [0.1, 0.15) is 24.2 Å². The van der Waals surface area contributed by atoms with Crippen molar-refractivity contribution in [3.63, 3.8) is 0 Å². The molecule has 1 fully saturated rings. The molecule has 13 heavy (non-hydrogen) atoms. The van der Waals surface area contributed by atoms with Gasteiger partial charge >= 0.3 is 0 Å². The molecular formula is C11H16N2. The van der Waals surface area contributed by atoms with Crippen LogP contribution in [-0.2, 0) is 6.42 Å². The number of rotatable bonds is 2. The summed E-state index contributed by atoms with van der Waals surface area (Å²) in [7, 11) is 0. The van der Waals surface area contributed by atoms with Gasteiger partial charge in [-0.05, 0) is 38.4 Å². The van der Waals surface area contributed by atoms with E-state index in [4.69, 9.17) is 0 Å². The van der Waals surface area contributed by atoms with Gasteiger partial charge in [-0.3, -0.25) is 4.98 Å². The molecule has 1 aliphatic heterocycles. The van der Waals surface area contributed by atoms with Crippen LogP contribution in [0.15, 0.2) is 18.2 Å². The maximum absolute atomic E-state index is 4.50. The summed E-state index contributed by atoms with van der Waals surface area (Å²) in [4.78, 5) is 4.50. The third-order valence-corrected chi connectivity index (χ3v) is 2.56. The zero-order chi connectivity index (χ0) is 9.10. The van der Waals surface area contributed by atoms with Gasteiger partial charge in [-0.15, -0.1) is 0 Å². The molecule has 2 heterocycles. The lowest BCUT2D eigenvalue weighted by Gasteiger charge is -2.09. The Morgan fingerprint density at radius 1 is 1.54 bits per heavy atom. The maximum Gasteiger partial charge on any atom is 0.0422 e. The summed E-state index contributed by atoms with van der Waals surface area (Å²) < 4.78 is 0. The highest BCUT2D eigenvalue weighted by molar-refractivity contribution is 5.11. The van der Waals surface area contributed by atoms with E-state index in [9.17, 15) is 0 Å². The zero-order valence-corrected chi connectivity index (χ0v) is 8.09. The Hall–Kier alpha value is -0.890. The van der Waals surface area contributed by atoms with Crippen LogP contribution in [0.5, 0.6) is 0 Å². The molecular weight excluding hydrogens is 160 g/mol. The summed E-state index contributed by atoms with van der Waals surface area (Å²) in [5.74, 6) is 0. The Morgan fingerprint density at radius 3 is 3.15 bits per heavy atom. The number of aryl methyl sites for hydroxylation is 1. The van der Waals surface area contributed by atoms with Crippen LogP contribution >= 0.6 is 0 Å². The predicted octanol–water partition coefficient (Wildman–Crippen LogP) is 1.68. The van der Waals surface area contributed by atoms with Gasteiger partial charge in [-0.2, -0.15) is 0 Å². The van der Waals surface area contributed by atoms with Crippen LogP contribution < -0.4 is 5.32 Å². The summed E-state index contributed by atoms with van der Waals surface area (Å²) in [6.45, 7) is 3.22. The number of pyridine rings is 1. The molecule has 0 spiro atoms. The van der Waals surface area contributed by atoms with Gasteiger partial charge in [0.25, 0.3) is 0 Å². The summed E-state index contributed by atoms with van der Waals surface area (Å²) >= 11 is 0. The highest BCUT2D eigenvalue weighted by Crippen LogP contribution is 2.10. The summed E-state index contributed by atoms with van der Waals surface area (Å²) in [5, 5.41) is 3.48. The van der Waals surface area contributed by atoms with E-state index in [1.807, 2.05) is 13.0 Å². The summed E-state index contributed by atoms with van der Waals surface area (Å²) in [6, 6.07) is 6.92. The average molecular weight is 176 g/mol. The topological polar surface area (TPSA) is 24.9 Å². The standard InChI is InChI=1S/C11H16N2/c1-9-4-2-5-11(13-9)8-10-6-3-7-12-10/h2,4-5,10,12H,3,6-8H2,1H3/t10-/m0/s1. The van der Waals surface area contributed by atoms with E-state index in [1.54, 1.807) is 0 Å². The van der Waals surface area contributed by atoms with Gasteiger partial charge in [0.2, 0.25) is 0 Å². The number of nitrogens with one attached hydrogen (secondary N) is 1. The lowest BCUT2D eigenvalue weighted by Crippen LogP contribution is -2.24. The Labute approximate surface area is 79.4 Å². The molecule has 0 bridgehead atoms. The van der Waals surface area contributed by atoms with Crippen LogP contribution in [0, 0.1) is 6.92 Å². The normalized spacial score (nSPS) is 22.1. The van der Waals surface area contributed by atoms with Gasteiger partial charge in [-0.1, -0.05) is 6.07 Å². The first-order chi connectivity index (χ1) is 6.34. The van der Waals surface area contributed by atoms with Crippen molar-refractivity contribution in [2.24, 2.45) is 0 Å². The van der Waals surface area contributed by atoms with E-state index in [2.05, 4.69) is 22.4 Å². The number of hydrogen-bond donors (Lipinski definition) is 1. The Morgan fingerprint density at radius 2 is 2.46 bits per heavy atom. The molecule has 70 valence electrons. The molecule has 0 unspecified atom stereocenters. The molecule has 1 saturated heterocycles. The molecule has 0 saturated carbocycles. The average Bonchev–Trinajstić information content (AvgIpc) is 2.57. The van der Waals surface area contributed by atoms with Crippen molar-refractivity contribution >= 4 is 0 Å². The Balaban J connectivity index is 2.00. The number of nitrogens with zero attached hydrogens (tertiary/aromatic N) is 1. The molecule has 1 aliphatic rings. The quantitative estimate of drug-likeness (QED) is 0.741. The fraction of sp³-hybridized carbons (Fsp3) is 0.545. The van der Waals surface area contributed by atoms with Crippen LogP contribution in [0.25, 0.3) is 0 Å². The summed E-state index contributed by atoms with van der Waals surface area (Å²) in [6.07, 6.45) is 3.70. The molecule has 1 aromatic heterocycles. The molecule has 1 aromatic rings. The first-order valence-electron chi connectivity index (χ1n) is 5.00. The maximum atomic E-state index is 4.50. The number of aromatic nitrogens is 1. The smallest absolute Gasteiger partial charge is 0.0422 e. The predicted molar refractivity (Wildman–Crippen MR) is 53.7 cm³/mol. The van der Waals surface area contributed by atoms with Gasteiger partial charge in [0.05, 0.1) is 0 Å². The van der Waals surface area contributed by atoms with E-state index >= 15 is 0 Å². The number of hydrogen-bond acceptors (Lipinski definition) is 2. The first kappa shape index (κ1) is 8.70. The molecule has 0 amide bonds. The SMILES string of the molecule is Cc1cccc(C[C@@H]2CCCN2)n1. The molecule has 1 atom stereocenters. The van der Waals surface area contributed by atoms with Crippen molar-refractivity contribution in [1.29, 1.82) is 0 Å². The van der Waals surface area contributed by atoms with Gasteiger partial charge in [-0.25, -0.2) is 0 Å². The minimum atomic E-state index is 0.661. The molecule has 0 aromatic carbocycles. The molecule has 0 aliphatic carbocycles. The molecule has 1 N–H and O–H groups in total. The molecule has 2 nitrogen and oxygen atoms in total. The van der Waals surface area contributed by atoms with Crippen molar-refractivity contribution in [2.75, 3.05) is 6.54 Å². The van der Waals surface area contributed by atoms with Crippen molar-refractivity contribution in [3.05, 3.63) is 29.6 Å². The van der Waals surface area contributed by atoms with Crippen LogP contribution in [0.3, 0.4) is 0 Å². The van der Waals surface area contributed by atoms with Crippen molar-refractivity contribution in [3.8, 4) is 0 Å². The molecule has 0 radical (unpaired) electrons. The lowest BCUT2D eigenvalue weighted by molar-refractivity contribution is 0.594. The zero-order valence-electron chi connectivity index (χ0n) is 8.09. The minimum Gasteiger partial charge on any atom is -0.314 e. The third-order valence-electron chi connectivity index (χ3n) is 2.56. The van der Waals surface area contributed by atoms with Crippen molar-refractivity contribution in [2.45, 2.75) is 32.2 Å². The van der Waals surface area contributed by atoms with Gasteiger partial charge in [0.1, 0.15) is 0 Å². The fourth-order valence-electron chi connectivity index (χ4n) is 1.90. The van der Waals surface area contributed by atoms with E-state index < -0.39 is 0 Å². The largest absolute Gasteiger partial charge is 0.314 e. The lowest BCUT2D eigenvalue weighted by atomic mass is 10.1. The second kappa shape index (κ2) is 3.88. The Bertz CT molecular complexity index is 277. The van der Waals surface area contributed by atoms with Crippen molar-refractivity contribution in [1.82, 2.24) is 10.3 Å². The second-order valence-corrected chi connectivity index (χ2v) is 3.77. The van der Waals surface area contributed by atoms with Crippen LogP contribution in [0.2, 0.25) is 0 Å². The van der Waals surface area contributed by atoms with Crippen molar-refractivity contribution < 1.29 is 0 Å². The first-order valence-corrected chi connectivity index (χ1v) is 5.00. The Kier molecular flexibility index (Phi) is 2.60. The van der Waals surface area contributed by atoms with E-state index in [0.29, 0.717) is 6.04 Å². The van der Waals surface area contributed by atoms with Crippen LogP contribution in [0.4, 0.5) is 0 Å². The van der Waals surface area contributed by atoms with Gasteiger partial charge in [0, 0.05) is 23.9 Å². The van der Waals surface area contributed by atoms with E-state index in [-0.39, 0.29) is 0 Å². The van der Waals surface area contributed by atoms with Crippen LogP contribution in [-0.4, -0.2) is 17.6 Å². The van der Waals surface area contributed by atoms with E-state index in [0.717, 1.165) is 12.1 Å². The van der Waals surface area contributed by atoms with Gasteiger partial charge < -0.3 is 5.32 Å². The summed E-state index contributed by atoms with van der Waals surface area (Å²) in [5.41, 5.74) is 2.34. The second-order valence-electron chi connectivity index (χ2n) is 3.77. The highest BCUT2D eigenvalue weighted by Gasteiger charge is 2.14.